The minimum absolute atomic E-state index is 0.0923. The zero-order valence-corrected chi connectivity index (χ0v) is 13.4. The average molecular weight is 296 g/mol. The van der Waals surface area contributed by atoms with E-state index in [0.717, 1.165) is 44.7 Å². The summed E-state index contributed by atoms with van der Waals surface area (Å²) in [7, 11) is 0. The molecular weight excluding hydrogens is 272 g/mol. The molecule has 2 heterocycles. The van der Waals surface area contributed by atoms with Gasteiger partial charge in [-0.05, 0) is 32.9 Å². The van der Waals surface area contributed by atoms with Crippen molar-refractivity contribution in [1.82, 2.24) is 14.8 Å². The van der Waals surface area contributed by atoms with Gasteiger partial charge in [-0.2, -0.15) is 0 Å². The lowest BCUT2D eigenvalue weighted by atomic mass is 10.0. The molecule has 1 aromatic rings. The average Bonchev–Trinajstić information content (AvgIpc) is 2.79. The molecule has 2 rings (SSSR count). The Labute approximate surface area is 124 Å². The Morgan fingerprint density at radius 2 is 2.00 bits per heavy atom. The second-order valence-corrected chi connectivity index (χ2v) is 6.24. The number of carbonyl (C=O) groups is 1. The number of hydrogen-bond donors (Lipinski definition) is 1. The number of amides is 1. The van der Waals surface area contributed by atoms with Gasteiger partial charge in [0.05, 0.1) is 5.69 Å². The summed E-state index contributed by atoms with van der Waals surface area (Å²) in [5, 5.41) is 0.476. The number of carbonyl (C=O) groups excluding carboxylic acids is 1. The van der Waals surface area contributed by atoms with E-state index in [1.807, 2.05) is 11.8 Å². The maximum Gasteiger partial charge on any atom is 0.265 e. The molecule has 5 nitrogen and oxygen atoms in total. The van der Waals surface area contributed by atoms with Gasteiger partial charge in [-0.15, -0.1) is 0 Å². The Bertz CT molecular complexity index is 462. The molecule has 0 bridgehead atoms. The lowest BCUT2D eigenvalue weighted by molar-refractivity contribution is 0.0635. The Kier molecular flexibility index (Phi) is 4.99. The van der Waals surface area contributed by atoms with E-state index in [-0.39, 0.29) is 5.91 Å². The van der Waals surface area contributed by atoms with Crippen molar-refractivity contribution in [2.75, 3.05) is 31.9 Å². The molecule has 1 aliphatic rings. The quantitative estimate of drug-likeness (QED) is 0.923. The molecule has 0 unspecified atom stereocenters. The molecule has 1 amide bonds. The third-order valence-corrected chi connectivity index (χ3v) is 5.06. The highest BCUT2D eigenvalue weighted by molar-refractivity contribution is 7.17. The van der Waals surface area contributed by atoms with Crippen LogP contribution in [0.3, 0.4) is 0 Å². The molecule has 0 aromatic carbocycles. The van der Waals surface area contributed by atoms with Gasteiger partial charge in [-0.3, -0.25) is 4.79 Å². The largest absolute Gasteiger partial charge is 0.375 e. The monoisotopic (exact) mass is 296 g/mol. The SMILES string of the molecule is CCN(CC)C1CCN(C(=O)c2sc(N)nc2C)CC1. The van der Waals surface area contributed by atoms with Crippen LogP contribution in [0.4, 0.5) is 5.13 Å². The van der Waals surface area contributed by atoms with Crippen LogP contribution in [-0.2, 0) is 0 Å². The summed E-state index contributed by atoms with van der Waals surface area (Å²) < 4.78 is 0. The van der Waals surface area contributed by atoms with E-state index in [0.29, 0.717) is 16.1 Å². The summed E-state index contributed by atoms with van der Waals surface area (Å²) in [6.07, 6.45) is 2.11. The van der Waals surface area contributed by atoms with Gasteiger partial charge in [0.1, 0.15) is 4.88 Å². The summed E-state index contributed by atoms with van der Waals surface area (Å²) in [6.45, 7) is 10.1. The molecule has 0 saturated carbocycles. The summed E-state index contributed by atoms with van der Waals surface area (Å²) in [5.74, 6) is 0.0923. The Morgan fingerprint density at radius 1 is 1.40 bits per heavy atom. The van der Waals surface area contributed by atoms with Crippen LogP contribution in [0.25, 0.3) is 0 Å². The molecule has 1 aliphatic heterocycles. The predicted molar refractivity (Wildman–Crippen MR) is 83.1 cm³/mol. The molecule has 1 saturated heterocycles. The van der Waals surface area contributed by atoms with Gasteiger partial charge in [-0.1, -0.05) is 25.2 Å². The van der Waals surface area contributed by atoms with E-state index in [4.69, 9.17) is 5.73 Å². The van der Waals surface area contributed by atoms with Crippen molar-refractivity contribution in [1.29, 1.82) is 0 Å². The highest BCUT2D eigenvalue weighted by Gasteiger charge is 2.27. The van der Waals surface area contributed by atoms with Gasteiger partial charge in [0.15, 0.2) is 5.13 Å². The number of thiazole rings is 1. The first kappa shape index (κ1) is 15.3. The highest BCUT2D eigenvalue weighted by atomic mass is 32.1. The second kappa shape index (κ2) is 6.54. The van der Waals surface area contributed by atoms with Crippen molar-refractivity contribution >= 4 is 22.4 Å². The molecule has 20 heavy (non-hydrogen) atoms. The summed E-state index contributed by atoms with van der Waals surface area (Å²) in [4.78, 5) is 21.7. The highest BCUT2D eigenvalue weighted by Crippen LogP contribution is 2.24. The molecule has 1 fully saturated rings. The van der Waals surface area contributed by atoms with E-state index in [2.05, 4.69) is 23.7 Å². The Morgan fingerprint density at radius 3 is 2.45 bits per heavy atom. The lowest BCUT2D eigenvalue weighted by Gasteiger charge is -2.37. The van der Waals surface area contributed by atoms with Gasteiger partial charge in [0.25, 0.3) is 5.91 Å². The van der Waals surface area contributed by atoms with Crippen molar-refractivity contribution in [3.8, 4) is 0 Å². The van der Waals surface area contributed by atoms with Crippen LogP contribution >= 0.6 is 11.3 Å². The number of rotatable bonds is 4. The third-order valence-electron chi connectivity index (χ3n) is 4.09. The zero-order chi connectivity index (χ0) is 14.7. The van der Waals surface area contributed by atoms with Gasteiger partial charge >= 0.3 is 0 Å². The number of hydrogen-bond acceptors (Lipinski definition) is 5. The first-order chi connectivity index (χ1) is 9.56. The van der Waals surface area contributed by atoms with E-state index in [1.54, 1.807) is 0 Å². The number of anilines is 1. The molecule has 2 N–H and O–H groups in total. The van der Waals surface area contributed by atoms with E-state index < -0.39 is 0 Å². The zero-order valence-electron chi connectivity index (χ0n) is 12.6. The van der Waals surface area contributed by atoms with Gasteiger partial charge < -0.3 is 15.5 Å². The van der Waals surface area contributed by atoms with Crippen LogP contribution in [0.1, 0.15) is 42.1 Å². The van der Waals surface area contributed by atoms with Crippen molar-refractivity contribution in [3.63, 3.8) is 0 Å². The lowest BCUT2D eigenvalue weighted by Crippen LogP contribution is -2.46. The Hall–Kier alpha value is -1.14. The van der Waals surface area contributed by atoms with Gasteiger partial charge in [-0.25, -0.2) is 4.98 Å². The number of nitrogens with two attached hydrogens (primary N) is 1. The van der Waals surface area contributed by atoms with Crippen LogP contribution < -0.4 is 5.73 Å². The van der Waals surface area contributed by atoms with Gasteiger partial charge in [0, 0.05) is 19.1 Å². The van der Waals surface area contributed by atoms with Crippen LogP contribution in [0.2, 0.25) is 0 Å². The minimum atomic E-state index is 0.0923. The topological polar surface area (TPSA) is 62.5 Å². The standard InChI is InChI=1S/C14H24N4OS/c1-4-17(5-2)11-6-8-18(9-7-11)13(19)12-10(3)16-14(15)20-12/h11H,4-9H2,1-3H3,(H2,15,16). The van der Waals surface area contributed by atoms with Crippen molar-refractivity contribution in [3.05, 3.63) is 10.6 Å². The van der Waals surface area contributed by atoms with E-state index >= 15 is 0 Å². The number of piperidine rings is 1. The first-order valence-corrected chi connectivity index (χ1v) is 8.14. The summed E-state index contributed by atoms with van der Waals surface area (Å²) >= 11 is 1.30. The second-order valence-electron chi connectivity index (χ2n) is 5.21. The molecule has 1 aromatic heterocycles. The maximum absolute atomic E-state index is 12.5. The minimum Gasteiger partial charge on any atom is -0.375 e. The van der Waals surface area contributed by atoms with Crippen LogP contribution in [-0.4, -0.2) is 52.9 Å². The molecule has 0 spiro atoms. The number of aryl methyl sites for hydroxylation is 1. The molecule has 0 radical (unpaired) electrons. The molecule has 0 aliphatic carbocycles. The van der Waals surface area contributed by atoms with E-state index in [1.165, 1.54) is 11.3 Å². The molecule has 0 atom stereocenters. The Balaban J connectivity index is 1.97. The molecule has 6 heteroatoms. The van der Waals surface area contributed by atoms with Gasteiger partial charge in [0.2, 0.25) is 0 Å². The maximum atomic E-state index is 12.5. The van der Waals surface area contributed by atoms with Crippen molar-refractivity contribution in [2.45, 2.75) is 39.7 Å². The van der Waals surface area contributed by atoms with Crippen LogP contribution in [0.5, 0.6) is 0 Å². The van der Waals surface area contributed by atoms with Crippen molar-refractivity contribution in [2.24, 2.45) is 0 Å². The summed E-state index contributed by atoms with van der Waals surface area (Å²) in [6, 6.07) is 0.613. The number of nitrogen functional groups attached to an aromatic ring is 1. The predicted octanol–water partition coefficient (Wildman–Crippen LogP) is 1.98. The number of aromatic nitrogens is 1. The van der Waals surface area contributed by atoms with Crippen LogP contribution in [0, 0.1) is 6.92 Å². The smallest absolute Gasteiger partial charge is 0.265 e. The third kappa shape index (κ3) is 3.12. The molecule has 112 valence electrons. The molecular formula is C14H24N4OS. The normalized spacial score (nSPS) is 16.9. The fourth-order valence-corrected chi connectivity index (χ4v) is 3.73. The number of likely N-dealkylation sites (tertiary alicyclic amines) is 1. The summed E-state index contributed by atoms with van der Waals surface area (Å²) in [5.41, 5.74) is 6.43. The number of nitrogens with zero attached hydrogens (tertiary/aromatic N) is 3. The van der Waals surface area contributed by atoms with Crippen molar-refractivity contribution < 1.29 is 4.79 Å². The first-order valence-electron chi connectivity index (χ1n) is 7.33. The fourth-order valence-electron chi connectivity index (χ4n) is 2.93. The van der Waals surface area contributed by atoms with E-state index in [9.17, 15) is 4.79 Å². The fraction of sp³-hybridized carbons (Fsp3) is 0.714. The van der Waals surface area contributed by atoms with Crippen LogP contribution in [0.15, 0.2) is 0 Å².